The van der Waals surface area contributed by atoms with Crippen molar-refractivity contribution in [1.82, 2.24) is 20.4 Å². The first-order valence-electron chi connectivity index (χ1n) is 8.83. The molecule has 0 saturated heterocycles. The summed E-state index contributed by atoms with van der Waals surface area (Å²) >= 11 is 0. The Morgan fingerprint density at radius 2 is 1.92 bits per heavy atom. The molecular weight excluding hydrogens is 328 g/mol. The minimum absolute atomic E-state index is 0.160. The molecule has 2 heterocycles. The van der Waals surface area contributed by atoms with Crippen LogP contribution in [0.15, 0.2) is 53.3 Å². The molecule has 1 aliphatic carbocycles. The van der Waals surface area contributed by atoms with Crippen molar-refractivity contribution in [2.45, 2.75) is 37.8 Å². The molecule has 0 amide bonds. The standard InChI is InChI=1S/C20H22N4O2/c1-13-22-20(24-26-13)19(17-5-3-4-6-18(17)25-2)23-16-11-15(12-16)14-7-9-21-10-8-14/h3-10,15-16,19,23H,11-12H2,1-2H3. The number of ether oxygens (including phenoxy) is 1. The number of nitrogens with one attached hydrogen (secondary N) is 1. The van der Waals surface area contributed by atoms with E-state index in [2.05, 4.69) is 32.6 Å². The van der Waals surface area contributed by atoms with Gasteiger partial charge in [-0.2, -0.15) is 4.98 Å². The zero-order valence-corrected chi connectivity index (χ0v) is 14.9. The van der Waals surface area contributed by atoms with Crippen LogP contribution in [0.4, 0.5) is 0 Å². The Morgan fingerprint density at radius 1 is 1.15 bits per heavy atom. The van der Waals surface area contributed by atoms with Crippen molar-refractivity contribution >= 4 is 0 Å². The molecule has 134 valence electrons. The number of benzene rings is 1. The molecule has 3 aromatic rings. The minimum atomic E-state index is -0.160. The average Bonchev–Trinajstić information content (AvgIpc) is 3.08. The Balaban J connectivity index is 1.53. The minimum Gasteiger partial charge on any atom is -0.496 e. The number of rotatable bonds is 6. The number of methoxy groups -OCH3 is 1. The molecule has 0 spiro atoms. The molecule has 0 aliphatic heterocycles. The molecule has 4 rings (SSSR count). The van der Waals surface area contributed by atoms with Gasteiger partial charge in [-0.25, -0.2) is 0 Å². The maximum atomic E-state index is 5.55. The topological polar surface area (TPSA) is 73.1 Å². The summed E-state index contributed by atoms with van der Waals surface area (Å²) in [5.41, 5.74) is 2.37. The third-order valence-electron chi connectivity index (χ3n) is 4.97. The van der Waals surface area contributed by atoms with Gasteiger partial charge in [0, 0.05) is 30.9 Å². The summed E-state index contributed by atoms with van der Waals surface area (Å²) in [5, 5.41) is 7.84. The fraction of sp³-hybridized carbons (Fsp3) is 0.350. The lowest BCUT2D eigenvalue weighted by molar-refractivity contribution is 0.268. The van der Waals surface area contributed by atoms with Crippen LogP contribution in [0, 0.1) is 6.92 Å². The Hall–Kier alpha value is -2.73. The fourth-order valence-electron chi connectivity index (χ4n) is 3.54. The molecular formula is C20H22N4O2. The van der Waals surface area contributed by atoms with E-state index in [0.29, 0.717) is 23.7 Å². The number of hydrogen-bond donors (Lipinski definition) is 1. The maximum absolute atomic E-state index is 5.55. The van der Waals surface area contributed by atoms with Crippen molar-refractivity contribution in [2.75, 3.05) is 7.11 Å². The monoisotopic (exact) mass is 350 g/mol. The predicted octanol–water partition coefficient (Wildman–Crippen LogP) is 3.41. The van der Waals surface area contributed by atoms with Gasteiger partial charge < -0.3 is 14.6 Å². The van der Waals surface area contributed by atoms with Gasteiger partial charge in [-0.15, -0.1) is 0 Å². The Kier molecular flexibility index (Phi) is 4.67. The summed E-state index contributed by atoms with van der Waals surface area (Å²) in [4.78, 5) is 8.55. The highest BCUT2D eigenvalue weighted by Crippen LogP contribution is 2.39. The number of nitrogens with zero attached hydrogens (tertiary/aromatic N) is 3. The van der Waals surface area contributed by atoms with Crippen molar-refractivity contribution in [3.63, 3.8) is 0 Å². The normalized spacial score (nSPS) is 20.4. The van der Waals surface area contributed by atoms with Crippen LogP contribution in [-0.2, 0) is 0 Å². The second-order valence-corrected chi connectivity index (χ2v) is 6.66. The van der Waals surface area contributed by atoms with Crippen molar-refractivity contribution in [3.05, 3.63) is 71.6 Å². The highest BCUT2D eigenvalue weighted by Gasteiger charge is 2.34. The Labute approximate surface area is 152 Å². The van der Waals surface area contributed by atoms with E-state index in [-0.39, 0.29) is 6.04 Å². The van der Waals surface area contributed by atoms with Crippen LogP contribution in [-0.4, -0.2) is 28.3 Å². The van der Waals surface area contributed by atoms with E-state index in [1.165, 1.54) is 5.56 Å². The van der Waals surface area contributed by atoms with Gasteiger partial charge in [-0.3, -0.25) is 4.98 Å². The molecule has 1 aromatic carbocycles. The highest BCUT2D eigenvalue weighted by molar-refractivity contribution is 5.39. The summed E-state index contributed by atoms with van der Waals surface area (Å²) in [6.45, 7) is 1.80. The van der Waals surface area contributed by atoms with Gasteiger partial charge in [0.05, 0.1) is 7.11 Å². The maximum Gasteiger partial charge on any atom is 0.223 e. The van der Waals surface area contributed by atoms with E-state index in [1.807, 2.05) is 36.7 Å². The molecule has 1 atom stereocenters. The van der Waals surface area contributed by atoms with Gasteiger partial charge in [0.15, 0.2) is 5.82 Å². The Bertz CT molecular complexity index is 859. The number of hydrogen-bond acceptors (Lipinski definition) is 6. The number of aromatic nitrogens is 3. The molecule has 1 N–H and O–H groups in total. The molecule has 1 fully saturated rings. The van der Waals surface area contributed by atoms with Gasteiger partial charge in [-0.05, 0) is 42.5 Å². The van der Waals surface area contributed by atoms with E-state index >= 15 is 0 Å². The third kappa shape index (κ3) is 3.32. The van der Waals surface area contributed by atoms with Crippen LogP contribution in [0.25, 0.3) is 0 Å². The lowest BCUT2D eigenvalue weighted by Gasteiger charge is -2.38. The first-order chi connectivity index (χ1) is 12.7. The number of aryl methyl sites for hydroxylation is 1. The largest absolute Gasteiger partial charge is 0.496 e. The molecule has 26 heavy (non-hydrogen) atoms. The van der Waals surface area contributed by atoms with Crippen LogP contribution in [0.1, 0.15) is 47.6 Å². The second kappa shape index (κ2) is 7.25. The molecule has 6 heteroatoms. The molecule has 1 saturated carbocycles. The SMILES string of the molecule is COc1ccccc1C(NC1CC(c2ccncc2)C1)c1noc(C)n1. The smallest absolute Gasteiger partial charge is 0.223 e. The van der Waals surface area contributed by atoms with Crippen LogP contribution < -0.4 is 10.1 Å². The number of para-hydroxylation sites is 1. The zero-order valence-electron chi connectivity index (χ0n) is 14.9. The predicted molar refractivity (Wildman–Crippen MR) is 97.0 cm³/mol. The first kappa shape index (κ1) is 16.7. The average molecular weight is 350 g/mol. The first-order valence-corrected chi connectivity index (χ1v) is 8.83. The van der Waals surface area contributed by atoms with Gasteiger partial charge in [0.25, 0.3) is 0 Å². The lowest BCUT2D eigenvalue weighted by atomic mass is 9.75. The van der Waals surface area contributed by atoms with Crippen molar-refractivity contribution in [3.8, 4) is 5.75 Å². The molecule has 0 radical (unpaired) electrons. The van der Waals surface area contributed by atoms with Gasteiger partial charge in [0.1, 0.15) is 11.8 Å². The van der Waals surface area contributed by atoms with Crippen LogP contribution in [0.5, 0.6) is 5.75 Å². The lowest BCUT2D eigenvalue weighted by Crippen LogP contribution is -2.42. The molecule has 2 aromatic heterocycles. The fourth-order valence-corrected chi connectivity index (χ4v) is 3.54. The van der Waals surface area contributed by atoms with E-state index in [9.17, 15) is 0 Å². The summed E-state index contributed by atoms with van der Waals surface area (Å²) in [5.74, 6) is 2.59. The molecule has 1 unspecified atom stereocenters. The van der Waals surface area contributed by atoms with E-state index in [0.717, 1.165) is 24.2 Å². The highest BCUT2D eigenvalue weighted by atomic mass is 16.5. The van der Waals surface area contributed by atoms with Crippen LogP contribution in [0.3, 0.4) is 0 Å². The zero-order chi connectivity index (χ0) is 17.9. The van der Waals surface area contributed by atoms with Crippen molar-refractivity contribution in [2.24, 2.45) is 0 Å². The van der Waals surface area contributed by atoms with Gasteiger partial charge >= 0.3 is 0 Å². The summed E-state index contributed by atoms with van der Waals surface area (Å²) in [6.07, 6.45) is 5.87. The molecule has 0 bridgehead atoms. The van der Waals surface area contributed by atoms with Gasteiger partial charge in [0.2, 0.25) is 5.89 Å². The summed E-state index contributed by atoms with van der Waals surface area (Å²) in [6, 6.07) is 12.4. The van der Waals surface area contributed by atoms with Crippen molar-refractivity contribution in [1.29, 1.82) is 0 Å². The van der Waals surface area contributed by atoms with E-state index in [1.54, 1.807) is 14.0 Å². The quantitative estimate of drug-likeness (QED) is 0.734. The van der Waals surface area contributed by atoms with E-state index < -0.39 is 0 Å². The Morgan fingerprint density at radius 3 is 2.62 bits per heavy atom. The number of pyridine rings is 1. The summed E-state index contributed by atoms with van der Waals surface area (Å²) < 4.78 is 10.8. The van der Waals surface area contributed by atoms with Crippen LogP contribution in [0.2, 0.25) is 0 Å². The van der Waals surface area contributed by atoms with Crippen LogP contribution >= 0.6 is 0 Å². The van der Waals surface area contributed by atoms with Crippen molar-refractivity contribution < 1.29 is 9.26 Å². The molecule has 6 nitrogen and oxygen atoms in total. The van der Waals surface area contributed by atoms with Gasteiger partial charge in [-0.1, -0.05) is 23.4 Å². The second-order valence-electron chi connectivity index (χ2n) is 6.66. The molecule has 1 aliphatic rings. The summed E-state index contributed by atoms with van der Waals surface area (Å²) in [7, 11) is 1.68. The third-order valence-corrected chi connectivity index (χ3v) is 4.97. The van der Waals surface area contributed by atoms with E-state index in [4.69, 9.17) is 9.26 Å².